The number of aliphatic hydroxyl groups is 3. The minimum atomic E-state index is -1.69. The minimum absolute atomic E-state index is 0.0311. The first kappa shape index (κ1) is 33.0. The average molecular weight is 640 g/mol. The zero-order valence-electron chi connectivity index (χ0n) is 27.3. The van der Waals surface area contributed by atoms with E-state index in [1.165, 1.54) is 6.07 Å². The van der Waals surface area contributed by atoms with Crippen molar-refractivity contribution < 1.29 is 44.6 Å². The largest absolute Gasteiger partial charge is 0.511 e. The van der Waals surface area contributed by atoms with Gasteiger partial charge in [-0.3, -0.25) is 9.59 Å². The van der Waals surface area contributed by atoms with E-state index in [4.69, 9.17) is 9.47 Å². The fraction of sp³-hybridized carbons (Fsp3) is 0.667. The van der Waals surface area contributed by atoms with Crippen LogP contribution in [0, 0.1) is 47.3 Å². The maximum atomic E-state index is 12.9. The summed E-state index contributed by atoms with van der Waals surface area (Å²) in [5, 5.41) is 55.5. The molecule has 4 fully saturated rings. The summed E-state index contributed by atoms with van der Waals surface area (Å²) in [5.41, 5.74) is 1.34. The lowest BCUT2D eigenvalue weighted by Crippen LogP contribution is -2.55. The third-order valence-electron chi connectivity index (χ3n) is 12.0. The number of aliphatic hydroxyl groups excluding tert-OH is 3. The molecule has 1 aromatic carbocycles. The third-order valence-corrected chi connectivity index (χ3v) is 12.0. The number of hydrogen-bond donors (Lipinski definition) is 6. The molecule has 46 heavy (non-hydrogen) atoms. The lowest BCUT2D eigenvalue weighted by Gasteiger charge is -2.54. The Kier molecular flexibility index (Phi) is 8.80. The number of phenolic OH excluding ortho intramolecular Hbond substituents is 2. The molecule has 6 N–H and O–H groups in total. The van der Waals surface area contributed by atoms with Gasteiger partial charge in [-0.05, 0) is 92.2 Å². The fourth-order valence-corrected chi connectivity index (χ4v) is 9.40. The molecule has 3 saturated heterocycles. The Morgan fingerprint density at radius 2 is 1.67 bits per heavy atom. The van der Waals surface area contributed by atoms with E-state index in [9.17, 15) is 35.1 Å². The highest BCUT2D eigenvalue weighted by atomic mass is 16.7. The SMILES string of the molecule is CC1=CC2CC[C@@H](O)C(C)C2[C@@H](C(O)=C2C(=O)NC(O)C2=O)[C@@H]1C[C@H]1OC2(CC[C@H](C)[C@@H](c3cc(O)cc(O)c3)O2)[C@@H](C)C[C@@H]1C. The number of nitrogens with one attached hydrogen (secondary N) is 1. The predicted octanol–water partition coefficient (Wildman–Crippen LogP) is 4.78. The molecule has 0 bridgehead atoms. The topological polar surface area (TPSA) is 166 Å². The van der Waals surface area contributed by atoms with Crippen molar-refractivity contribution in [2.24, 2.45) is 47.3 Å². The molecule has 5 unspecified atom stereocenters. The Bertz CT molecular complexity index is 1420. The van der Waals surface area contributed by atoms with E-state index in [2.05, 4.69) is 32.2 Å². The minimum Gasteiger partial charge on any atom is -0.511 e. The van der Waals surface area contributed by atoms with Crippen LogP contribution in [0.15, 0.2) is 41.2 Å². The standard InChI is InChI=1S/C36H49NO9/c1-16-8-9-36(46-33(16)22-12-23(38)14-24(39)13-22)19(4)10-18(3)27(45-36)15-25-17(2)11-21-6-7-26(40)20(5)28(21)29(25)31(41)30-32(42)35(44)37-34(30)43/h11-14,16,18-21,25-29,33,35,38-41,44H,6-10,15H2,1-5H3,(H,37,43)/t16-,18-,19-,20?,21?,25+,26+,27+,28?,29-,33-,35?,36?/m0/s1. The molecule has 3 aliphatic heterocycles. The van der Waals surface area contributed by atoms with E-state index in [0.29, 0.717) is 24.8 Å². The molecular formula is C36H49NO9. The number of carbonyl (C=O) groups excluding carboxylic acids is 2. The predicted molar refractivity (Wildman–Crippen MR) is 168 cm³/mol. The lowest BCUT2D eigenvalue weighted by molar-refractivity contribution is -0.356. The maximum absolute atomic E-state index is 12.9. The molecule has 1 aromatic rings. The first-order chi connectivity index (χ1) is 21.7. The van der Waals surface area contributed by atoms with E-state index in [1.54, 1.807) is 12.1 Å². The van der Waals surface area contributed by atoms with Crippen LogP contribution >= 0.6 is 0 Å². The number of ether oxygens (including phenoxy) is 2. The number of benzene rings is 1. The van der Waals surface area contributed by atoms with E-state index in [1.807, 2.05) is 13.8 Å². The number of fused-ring (bicyclic) bond motifs is 1. The highest BCUT2D eigenvalue weighted by molar-refractivity contribution is 6.26. The van der Waals surface area contributed by atoms with Gasteiger partial charge in [-0.1, -0.05) is 39.3 Å². The van der Waals surface area contributed by atoms with E-state index in [0.717, 1.165) is 24.8 Å². The second-order valence-electron chi connectivity index (χ2n) is 14.9. The van der Waals surface area contributed by atoms with Gasteiger partial charge in [0.2, 0.25) is 5.78 Å². The molecule has 1 spiro atoms. The van der Waals surface area contributed by atoms with Gasteiger partial charge in [0.1, 0.15) is 22.8 Å². The summed E-state index contributed by atoms with van der Waals surface area (Å²) in [6, 6.07) is 4.54. The highest BCUT2D eigenvalue weighted by Gasteiger charge is 2.54. The zero-order chi connectivity index (χ0) is 33.2. The van der Waals surface area contributed by atoms with Crippen molar-refractivity contribution in [1.29, 1.82) is 0 Å². The molecule has 252 valence electrons. The quantitative estimate of drug-likeness (QED) is 0.118. The van der Waals surface area contributed by atoms with Crippen molar-refractivity contribution in [3.8, 4) is 11.5 Å². The van der Waals surface area contributed by atoms with Crippen LogP contribution < -0.4 is 5.32 Å². The van der Waals surface area contributed by atoms with E-state index < -0.39 is 47.4 Å². The molecule has 13 atom stereocenters. The monoisotopic (exact) mass is 639 g/mol. The number of ketones is 1. The number of allylic oxidation sites excluding steroid dienone is 3. The summed E-state index contributed by atoms with van der Waals surface area (Å²) in [5.74, 6) is -3.85. The number of hydrogen-bond acceptors (Lipinski definition) is 9. The number of rotatable bonds is 4. The molecule has 0 aromatic heterocycles. The summed E-state index contributed by atoms with van der Waals surface area (Å²) in [7, 11) is 0. The molecule has 6 rings (SSSR count). The highest BCUT2D eigenvalue weighted by Crippen LogP contribution is 2.55. The van der Waals surface area contributed by atoms with Gasteiger partial charge in [0.15, 0.2) is 12.0 Å². The Labute approximate surface area is 270 Å². The second-order valence-corrected chi connectivity index (χ2v) is 14.9. The lowest BCUT2D eigenvalue weighted by atomic mass is 9.56. The van der Waals surface area contributed by atoms with Crippen molar-refractivity contribution in [3.63, 3.8) is 0 Å². The average Bonchev–Trinajstić information content (AvgIpc) is 3.24. The van der Waals surface area contributed by atoms with Crippen LogP contribution in [0.2, 0.25) is 0 Å². The van der Waals surface area contributed by atoms with E-state index >= 15 is 0 Å². The molecule has 0 radical (unpaired) electrons. The molecule has 5 aliphatic rings. The van der Waals surface area contributed by atoms with Crippen molar-refractivity contribution in [2.45, 2.75) is 103 Å². The van der Waals surface area contributed by atoms with Crippen LogP contribution in [0.1, 0.15) is 84.8 Å². The summed E-state index contributed by atoms with van der Waals surface area (Å²) in [6.07, 6.45) is 3.50. The summed E-state index contributed by atoms with van der Waals surface area (Å²) in [4.78, 5) is 25.7. The smallest absolute Gasteiger partial charge is 0.260 e. The summed E-state index contributed by atoms with van der Waals surface area (Å²) < 4.78 is 13.9. The van der Waals surface area contributed by atoms with Gasteiger partial charge in [0.25, 0.3) is 5.91 Å². The molecule has 1 saturated carbocycles. The normalized spacial score (nSPS) is 44.0. The number of carbonyl (C=O) groups is 2. The number of phenols is 2. The van der Waals surface area contributed by atoms with E-state index in [-0.39, 0.29) is 64.8 Å². The van der Waals surface area contributed by atoms with Gasteiger partial charge in [-0.15, -0.1) is 0 Å². The van der Waals surface area contributed by atoms with Gasteiger partial charge in [-0.2, -0.15) is 0 Å². The van der Waals surface area contributed by atoms with Crippen molar-refractivity contribution in [1.82, 2.24) is 5.32 Å². The Hall–Kier alpha value is -2.92. The second kappa shape index (κ2) is 12.3. The number of aromatic hydroxyl groups is 2. The first-order valence-electron chi connectivity index (χ1n) is 16.9. The third kappa shape index (κ3) is 5.65. The van der Waals surface area contributed by atoms with Gasteiger partial charge in [0.05, 0.1) is 18.3 Å². The molecule has 10 heteroatoms. The van der Waals surface area contributed by atoms with Crippen LogP contribution in [0.5, 0.6) is 11.5 Å². The molecule has 3 heterocycles. The van der Waals surface area contributed by atoms with Crippen LogP contribution in [-0.4, -0.2) is 61.4 Å². The van der Waals surface area contributed by atoms with Gasteiger partial charge < -0.3 is 40.3 Å². The molecular weight excluding hydrogens is 590 g/mol. The number of Topliss-reactive ketones (excluding diaryl/α,β-unsaturated/α-hetero) is 1. The summed E-state index contributed by atoms with van der Waals surface area (Å²) in [6.45, 7) is 10.4. The van der Waals surface area contributed by atoms with Crippen molar-refractivity contribution >= 4 is 11.7 Å². The molecule has 10 nitrogen and oxygen atoms in total. The Morgan fingerprint density at radius 1 is 0.978 bits per heavy atom. The number of amides is 1. The Morgan fingerprint density at radius 3 is 2.33 bits per heavy atom. The van der Waals surface area contributed by atoms with Crippen LogP contribution in [-0.2, 0) is 19.1 Å². The fourth-order valence-electron chi connectivity index (χ4n) is 9.40. The molecule has 1 amide bonds. The van der Waals surface area contributed by atoms with Gasteiger partial charge >= 0.3 is 0 Å². The molecule has 2 aliphatic carbocycles. The van der Waals surface area contributed by atoms with Crippen molar-refractivity contribution in [3.05, 3.63) is 46.7 Å². The summed E-state index contributed by atoms with van der Waals surface area (Å²) >= 11 is 0. The maximum Gasteiger partial charge on any atom is 0.260 e. The van der Waals surface area contributed by atoms with Crippen LogP contribution in [0.4, 0.5) is 0 Å². The first-order valence-corrected chi connectivity index (χ1v) is 16.9. The van der Waals surface area contributed by atoms with Crippen molar-refractivity contribution in [2.75, 3.05) is 0 Å². The van der Waals surface area contributed by atoms with Crippen LogP contribution in [0.3, 0.4) is 0 Å². The van der Waals surface area contributed by atoms with Gasteiger partial charge in [-0.25, -0.2) is 0 Å². The van der Waals surface area contributed by atoms with Gasteiger partial charge in [0, 0.05) is 24.3 Å². The zero-order valence-corrected chi connectivity index (χ0v) is 27.3. The Balaban J connectivity index is 1.35. The van der Waals surface area contributed by atoms with Crippen LogP contribution in [0.25, 0.3) is 0 Å².